The highest BCUT2D eigenvalue weighted by Crippen LogP contribution is 2.20. The van der Waals surface area contributed by atoms with E-state index in [4.69, 9.17) is 9.84 Å². The van der Waals surface area contributed by atoms with E-state index < -0.39 is 17.7 Å². The molecule has 0 amide bonds. The molecule has 2 atom stereocenters. The molecule has 0 aliphatic carbocycles. The standard InChI is InChI=1S/C12H16O4/c1-9(11(13)14)16-8-12(2,15)10-6-4-3-5-7-10/h3-7,9,15H,8H2,1-2H3,(H,13,14)/t9-,12?/m1/s1. The molecule has 0 spiro atoms. The van der Waals surface area contributed by atoms with Crippen molar-refractivity contribution in [2.75, 3.05) is 6.61 Å². The van der Waals surface area contributed by atoms with E-state index in [1.165, 1.54) is 6.92 Å². The van der Waals surface area contributed by atoms with Crippen LogP contribution in [0.1, 0.15) is 19.4 Å². The molecule has 4 nitrogen and oxygen atoms in total. The maximum atomic E-state index is 10.5. The third-order valence-electron chi connectivity index (χ3n) is 2.36. The smallest absolute Gasteiger partial charge is 0.332 e. The van der Waals surface area contributed by atoms with Gasteiger partial charge >= 0.3 is 5.97 Å². The largest absolute Gasteiger partial charge is 0.479 e. The van der Waals surface area contributed by atoms with Crippen LogP contribution in [0, 0.1) is 0 Å². The van der Waals surface area contributed by atoms with E-state index in [0.717, 1.165) is 0 Å². The summed E-state index contributed by atoms with van der Waals surface area (Å²) in [7, 11) is 0. The number of hydrogen-bond acceptors (Lipinski definition) is 3. The molecule has 16 heavy (non-hydrogen) atoms. The predicted octanol–water partition coefficient (Wildman–Crippen LogP) is 1.38. The maximum Gasteiger partial charge on any atom is 0.332 e. The average Bonchev–Trinajstić information content (AvgIpc) is 2.27. The summed E-state index contributed by atoms with van der Waals surface area (Å²) >= 11 is 0. The molecule has 0 heterocycles. The molecular formula is C12H16O4. The molecular weight excluding hydrogens is 208 g/mol. The van der Waals surface area contributed by atoms with Gasteiger partial charge < -0.3 is 14.9 Å². The van der Waals surface area contributed by atoms with Gasteiger partial charge in [0.15, 0.2) is 6.10 Å². The van der Waals surface area contributed by atoms with Crippen molar-refractivity contribution in [2.45, 2.75) is 25.6 Å². The number of aliphatic carboxylic acids is 1. The first-order valence-corrected chi connectivity index (χ1v) is 5.06. The predicted molar refractivity (Wildman–Crippen MR) is 59.1 cm³/mol. The SMILES string of the molecule is C[C@@H](OCC(C)(O)c1ccccc1)C(=O)O. The molecule has 4 heteroatoms. The van der Waals surface area contributed by atoms with Crippen molar-refractivity contribution in [1.82, 2.24) is 0 Å². The van der Waals surface area contributed by atoms with Crippen molar-refractivity contribution >= 4 is 5.97 Å². The first-order valence-electron chi connectivity index (χ1n) is 5.06. The number of rotatable bonds is 5. The van der Waals surface area contributed by atoms with Crippen LogP contribution in [0.5, 0.6) is 0 Å². The van der Waals surface area contributed by atoms with Crippen LogP contribution in [0.2, 0.25) is 0 Å². The second-order valence-electron chi connectivity index (χ2n) is 3.93. The summed E-state index contributed by atoms with van der Waals surface area (Å²) in [6.45, 7) is 2.98. The lowest BCUT2D eigenvalue weighted by Crippen LogP contribution is -2.32. The molecule has 1 aromatic carbocycles. The van der Waals surface area contributed by atoms with E-state index in [9.17, 15) is 9.90 Å². The van der Waals surface area contributed by atoms with Gasteiger partial charge in [0.1, 0.15) is 5.60 Å². The van der Waals surface area contributed by atoms with Crippen LogP contribution < -0.4 is 0 Å². The fourth-order valence-corrected chi connectivity index (χ4v) is 1.24. The number of ether oxygens (including phenoxy) is 1. The first-order chi connectivity index (χ1) is 7.43. The van der Waals surface area contributed by atoms with Crippen LogP contribution in [0.4, 0.5) is 0 Å². The van der Waals surface area contributed by atoms with Gasteiger partial charge in [0.05, 0.1) is 6.61 Å². The van der Waals surface area contributed by atoms with Gasteiger partial charge in [-0.05, 0) is 19.4 Å². The highest BCUT2D eigenvalue weighted by atomic mass is 16.5. The molecule has 0 radical (unpaired) electrons. The number of carbonyl (C=O) groups is 1. The monoisotopic (exact) mass is 224 g/mol. The van der Waals surface area contributed by atoms with Gasteiger partial charge in [-0.25, -0.2) is 4.79 Å². The van der Waals surface area contributed by atoms with Gasteiger partial charge in [-0.3, -0.25) is 0 Å². The fourth-order valence-electron chi connectivity index (χ4n) is 1.24. The van der Waals surface area contributed by atoms with Crippen molar-refractivity contribution in [2.24, 2.45) is 0 Å². The Morgan fingerprint density at radius 3 is 2.50 bits per heavy atom. The van der Waals surface area contributed by atoms with Crippen molar-refractivity contribution in [3.8, 4) is 0 Å². The molecule has 88 valence electrons. The summed E-state index contributed by atoms with van der Waals surface area (Å²) in [4.78, 5) is 10.5. The second-order valence-corrected chi connectivity index (χ2v) is 3.93. The molecule has 0 fully saturated rings. The Kier molecular flexibility index (Phi) is 4.04. The Balaban J connectivity index is 2.62. The zero-order chi connectivity index (χ0) is 12.2. The molecule has 0 saturated carbocycles. The van der Waals surface area contributed by atoms with Gasteiger partial charge in [0.2, 0.25) is 0 Å². The minimum absolute atomic E-state index is 0.0511. The third kappa shape index (κ3) is 3.32. The lowest BCUT2D eigenvalue weighted by atomic mass is 9.97. The lowest BCUT2D eigenvalue weighted by molar-refractivity contribution is -0.153. The average molecular weight is 224 g/mol. The molecule has 0 aliphatic rings. The van der Waals surface area contributed by atoms with E-state index in [2.05, 4.69) is 0 Å². The topological polar surface area (TPSA) is 66.8 Å². The second kappa shape index (κ2) is 5.09. The zero-order valence-corrected chi connectivity index (χ0v) is 9.38. The fraction of sp³-hybridized carbons (Fsp3) is 0.417. The lowest BCUT2D eigenvalue weighted by Gasteiger charge is -2.24. The van der Waals surface area contributed by atoms with Crippen LogP contribution in [0.25, 0.3) is 0 Å². The molecule has 0 aliphatic heterocycles. The summed E-state index contributed by atoms with van der Waals surface area (Å²) in [6.07, 6.45) is -0.921. The summed E-state index contributed by atoms with van der Waals surface area (Å²) < 4.78 is 5.07. The van der Waals surface area contributed by atoms with Crippen LogP contribution in [0.15, 0.2) is 30.3 Å². The van der Waals surface area contributed by atoms with E-state index >= 15 is 0 Å². The summed E-state index contributed by atoms with van der Waals surface area (Å²) in [5.41, 5.74) is -0.474. The van der Waals surface area contributed by atoms with Gasteiger partial charge in [-0.2, -0.15) is 0 Å². The minimum Gasteiger partial charge on any atom is -0.479 e. The van der Waals surface area contributed by atoms with Gasteiger partial charge in [0, 0.05) is 0 Å². The summed E-state index contributed by atoms with van der Waals surface area (Å²) in [6, 6.07) is 9.01. The van der Waals surface area contributed by atoms with Gasteiger partial charge in [-0.1, -0.05) is 30.3 Å². The Labute approximate surface area is 94.5 Å². The number of aliphatic hydroxyl groups is 1. The Morgan fingerprint density at radius 1 is 1.44 bits per heavy atom. The number of carboxylic acids is 1. The van der Waals surface area contributed by atoms with E-state index in [0.29, 0.717) is 5.56 Å². The number of benzene rings is 1. The van der Waals surface area contributed by atoms with Gasteiger partial charge in [-0.15, -0.1) is 0 Å². The summed E-state index contributed by atoms with van der Waals surface area (Å²) in [5, 5.41) is 18.7. The van der Waals surface area contributed by atoms with Crippen molar-refractivity contribution < 1.29 is 19.7 Å². The Morgan fingerprint density at radius 2 is 2.00 bits per heavy atom. The van der Waals surface area contributed by atoms with Crippen LogP contribution in [-0.2, 0) is 15.1 Å². The highest BCUT2D eigenvalue weighted by molar-refractivity contribution is 5.71. The molecule has 0 aromatic heterocycles. The van der Waals surface area contributed by atoms with Crippen molar-refractivity contribution in [1.29, 1.82) is 0 Å². The third-order valence-corrected chi connectivity index (χ3v) is 2.36. The minimum atomic E-state index is -1.18. The van der Waals surface area contributed by atoms with E-state index in [-0.39, 0.29) is 6.61 Å². The molecule has 1 unspecified atom stereocenters. The zero-order valence-electron chi connectivity index (χ0n) is 9.38. The summed E-state index contributed by atoms with van der Waals surface area (Å²) in [5.74, 6) is -1.04. The van der Waals surface area contributed by atoms with Crippen LogP contribution in [0.3, 0.4) is 0 Å². The Hall–Kier alpha value is -1.39. The number of carboxylic acid groups (broad SMARTS) is 1. The molecule has 0 saturated heterocycles. The number of hydrogen-bond donors (Lipinski definition) is 2. The van der Waals surface area contributed by atoms with Crippen molar-refractivity contribution in [3.63, 3.8) is 0 Å². The molecule has 1 rings (SSSR count). The molecule has 0 bridgehead atoms. The van der Waals surface area contributed by atoms with Crippen LogP contribution in [-0.4, -0.2) is 28.9 Å². The first kappa shape index (κ1) is 12.7. The van der Waals surface area contributed by atoms with E-state index in [1.54, 1.807) is 19.1 Å². The van der Waals surface area contributed by atoms with E-state index in [1.807, 2.05) is 18.2 Å². The Bertz CT molecular complexity index is 345. The normalized spacial score (nSPS) is 16.4. The highest BCUT2D eigenvalue weighted by Gasteiger charge is 2.25. The molecule has 2 N–H and O–H groups in total. The molecule has 1 aromatic rings. The van der Waals surface area contributed by atoms with Gasteiger partial charge in [0.25, 0.3) is 0 Å². The maximum absolute atomic E-state index is 10.5. The van der Waals surface area contributed by atoms with Crippen LogP contribution >= 0.6 is 0 Å². The quantitative estimate of drug-likeness (QED) is 0.793. The van der Waals surface area contributed by atoms with Crippen molar-refractivity contribution in [3.05, 3.63) is 35.9 Å².